The van der Waals surface area contributed by atoms with Gasteiger partial charge in [0.05, 0.1) is 23.0 Å². The molecule has 31 heavy (non-hydrogen) atoms. The molecule has 158 valence electrons. The monoisotopic (exact) mass is 436 g/mol. The van der Waals surface area contributed by atoms with Crippen molar-refractivity contribution >= 4 is 32.6 Å². The summed E-state index contributed by atoms with van der Waals surface area (Å²) in [6, 6.07) is 14.6. The minimum absolute atomic E-state index is 0.147. The molecule has 3 heterocycles. The zero-order valence-electron chi connectivity index (χ0n) is 16.8. The van der Waals surface area contributed by atoms with Crippen LogP contribution in [0, 0.1) is 5.82 Å². The molecular weight excluding hydrogens is 415 g/mol. The lowest BCUT2D eigenvalue weighted by Crippen LogP contribution is -2.35. The fourth-order valence-electron chi connectivity index (χ4n) is 3.74. The molecule has 0 bridgehead atoms. The molecule has 1 aliphatic heterocycles. The van der Waals surface area contributed by atoms with E-state index in [0.29, 0.717) is 18.7 Å². The van der Waals surface area contributed by atoms with Crippen molar-refractivity contribution in [2.75, 3.05) is 31.1 Å². The van der Waals surface area contributed by atoms with Crippen LogP contribution in [0.1, 0.15) is 22.5 Å². The number of benzene rings is 2. The van der Waals surface area contributed by atoms with Crippen LogP contribution >= 0.6 is 11.3 Å². The standard InChI is InChI=1S/C22H21FN6OS/c23-17-7-2-1-6-16(17)14-29-15-19(25-26-29)21(30)27-10-5-11-28(13-12-27)22-24-18-8-3-4-9-20(18)31-22/h1-4,6-9,15H,5,10-14H2. The third-order valence-electron chi connectivity index (χ3n) is 5.38. The lowest BCUT2D eigenvalue weighted by Gasteiger charge is -2.20. The van der Waals surface area contributed by atoms with Gasteiger partial charge in [0.15, 0.2) is 10.8 Å². The summed E-state index contributed by atoms with van der Waals surface area (Å²) in [4.78, 5) is 21.8. The number of carbonyl (C=O) groups is 1. The van der Waals surface area contributed by atoms with Crippen molar-refractivity contribution < 1.29 is 9.18 Å². The van der Waals surface area contributed by atoms with Crippen LogP contribution in [-0.4, -0.2) is 57.0 Å². The topological polar surface area (TPSA) is 67.2 Å². The van der Waals surface area contributed by atoms with Gasteiger partial charge in [-0.1, -0.05) is 46.9 Å². The van der Waals surface area contributed by atoms with Crippen LogP contribution in [-0.2, 0) is 6.54 Å². The van der Waals surface area contributed by atoms with Crippen LogP contribution in [0.15, 0.2) is 54.7 Å². The first-order chi connectivity index (χ1) is 15.2. The number of amides is 1. The van der Waals surface area contributed by atoms with E-state index in [-0.39, 0.29) is 24.0 Å². The van der Waals surface area contributed by atoms with Crippen LogP contribution in [0.5, 0.6) is 0 Å². The smallest absolute Gasteiger partial charge is 0.276 e. The minimum Gasteiger partial charge on any atom is -0.346 e. The second-order valence-corrected chi connectivity index (χ2v) is 8.50. The van der Waals surface area contributed by atoms with E-state index in [1.807, 2.05) is 23.1 Å². The lowest BCUT2D eigenvalue weighted by atomic mass is 10.2. The molecule has 0 saturated carbocycles. The van der Waals surface area contributed by atoms with E-state index in [4.69, 9.17) is 4.98 Å². The maximum absolute atomic E-state index is 13.9. The molecule has 9 heteroatoms. The molecule has 5 rings (SSSR count). The summed E-state index contributed by atoms with van der Waals surface area (Å²) >= 11 is 1.68. The summed E-state index contributed by atoms with van der Waals surface area (Å²) in [5.41, 5.74) is 1.79. The number of para-hydroxylation sites is 1. The van der Waals surface area contributed by atoms with Crippen LogP contribution in [0.3, 0.4) is 0 Å². The Morgan fingerprint density at radius 2 is 1.87 bits per heavy atom. The number of halogens is 1. The van der Waals surface area contributed by atoms with Gasteiger partial charge in [-0.05, 0) is 24.6 Å². The summed E-state index contributed by atoms with van der Waals surface area (Å²) in [6.07, 6.45) is 2.44. The van der Waals surface area contributed by atoms with Gasteiger partial charge in [-0.15, -0.1) is 5.10 Å². The van der Waals surface area contributed by atoms with Gasteiger partial charge in [0, 0.05) is 31.7 Å². The molecule has 2 aromatic heterocycles. The summed E-state index contributed by atoms with van der Waals surface area (Å²) in [5.74, 6) is -0.445. The van der Waals surface area contributed by atoms with Crippen molar-refractivity contribution in [2.45, 2.75) is 13.0 Å². The Morgan fingerprint density at radius 1 is 1.03 bits per heavy atom. The predicted octanol–water partition coefficient (Wildman–Crippen LogP) is 3.43. The molecule has 7 nitrogen and oxygen atoms in total. The highest BCUT2D eigenvalue weighted by atomic mass is 32.1. The van der Waals surface area contributed by atoms with Gasteiger partial charge in [0.2, 0.25) is 0 Å². The lowest BCUT2D eigenvalue weighted by molar-refractivity contribution is 0.0761. The number of thiazole rings is 1. The zero-order chi connectivity index (χ0) is 21.2. The molecule has 0 radical (unpaired) electrons. The van der Waals surface area contributed by atoms with Crippen molar-refractivity contribution in [3.05, 3.63) is 71.8 Å². The molecule has 1 fully saturated rings. The van der Waals surface area contributed by atoms with Crippen LogP contribution in [0.4, 0.5) is 9.52 Å². The van der Waals surface area contributed by atoms with Crippen molar-refractivity contribution in [3.63, 3.8) is 0 Å². The van der Waals surface area contributed by atoms with Crippen molar-refractivity contribution in [3.8, 4) is 0 Å². The molecule has 2 aromatic carbocycles. The molecule has 0 N–H and O–H groups in total. The largest absolute Gasteiger partial charge is 0.346 e. The Labute approximate surface area is 182 Å². The number of rotatable bonds is 4. The van der Waals surface area contributed by atoms with E-state index in [1.165, 1.54) is 15.4 Å². The van der Waals surface area contributed by atoms with Gasteiger partial charge in [0.1, 0.15) is 5.82 Å². The van der Waals surface area contributed by atoms with Crippen molar-refractivity contribution in [2.24, 2.45) is 0 Å². The molecular formula is C22H21FN6OS. The first kappa shape index (κ1) is 19.6. The number of aromatic nitrogens is 4. The van der Waals surface area contributed by atoms with Gasteiger partial charge >= 0.3 is 0 Å². The highest BCUT2D eigenvalue weighted by molar-refractivity contribution is 7.22. The molecule has 0 aliphatic carbocycles. The van der Waals surface area contributed by atoms with E-state index in [0.717, 1.165) is 30.2 Å². The third-order valence-corrected chi connectivity index (χ3v) is 6.48. The Balaban J connectivity index is 1.25. The van der Waals surface area contributed by atoms with E-state index < -0.39 is 0 Å². The highest BCUT2D eigenvalue weighted by Crippen LogP contribution is 2.29. The molecule has 0 spiro atoms. The first-order valence-electron chi connectivity index (χ1n) is 10.2. The van der Waals surface area contributed by atoms with Crippen LogP contribution in [0.2, 0.25) is 0 Å². The number of hydrogen-bond acceptors (Lipinski definition) is 6. The highest BCUT2D eigenvalue weighted by Gasteiger charge is 2.24. The minimum atomic E-state index is -0.298. The molecule has 1 amide bonds. The molecule has 1 saturated heterocycles. The molecule has 0 unspecified atom stereocenters. The third kappa shape index (κ3) is 4.13. The van der Waals surface area contributed by atoms with Crippen molar-refractivity contribution in [1.29, 1.82) is 0 Å². The Morgan fingerprint density at radius 3 is 2.74 bits per heavy atom. The number of anilines is 1. The van der Waals surface area contributed by atoms with Gasteiger partial charge in [-0.25, -0.2) is 14.1 Å². The van der Waals surface area contributed by atoms with Crippen LogP contribution in [0.25, 0.3) is 10.2 Å². The number of carbonyl (C=O) groups excluding carboxylic acids is 1. The predicted molar refractivity (Wildman–Crippen MR) is 118 cm³/mol. The maximum Gasteiger partial charge on any atom is 0.276 e. The normalized spacial score (nSPS) is 14.7. The van der Waals surface area contributed by atoms with Gasteiger partial charge < -0.3 is 9.80 Å². The SMILES string of the molecule is O=C(c1cn(Cc2ccccc2F)nn1)N1CCCN(c2nc3ccccc3s2)CC1. The summed E-state index contributed by atoms with van der Waals surface area (Å²) in [5, 5.41) is 9.03. The quantitative estimate of drug-likeness (QED) is 0.490. The number of fused-ring (bicyclic) bond motifs is 1. The summed E-state index contributed by atoms with van der Waals surface area (Å²) < 4.78 is 16.5. The fourth-order valence-corrected chi connectivity index (χ4v) is 4.76. The van der Waals surface area contributed by atoms with Crippen LogP contribution < -0.4 is 4.90 Å². The maximum atomic E-state index is 13.9. The summed E-state index contributed by atoms with van der Waals surface area (Å²) in [6.45, 7) is 3.05. The molecule has 1 aliphatic rings. The summed E-state index contributed by atoms with van der Waals surface area (Å²) in [7, 11) is 0. The Hall–Kier alpha value is -3.33. The molecule has 4 aromatic rings. The van der Waals surface area contributed by atoms with E-state index >= 15 is 0 Å². The first-order valence-corrected chi connectivity index (χ1v) is 11.0. The second-order valence-electron chi connectivity index (χ2n) is 7.49. The zero-order valence-corrected chi connectivity index (χ0v) is 17.6. The number of nitrogens with zero attached hydrogens (tertiary/aromatic N) is 6. The van der Waals surface area contributed by atoms with Gasteiger partial charge in [-0.2, -0.15) is 0 Å². The second kappa shape index (κ2) is 8.43. The fraction of sp³-hybridized carbons (Fsp3) is 0.273. The van der Waals surface area contributed by atoms with E-state index in [1.54, 1.807) is 35.7 Å². The average molecular weight is 437 g/mol. The average Bonchev–Trinajstić information content (AvgIpc) is 3.35. The van der Waals surface area contributed by atoms with E-state index in [2.05, 4.69) is 21.3 Å². The Kier molecular flexibility index (Phi) is 5.33. The van der Waals surface area contributed by atoms with Gasteiger partial charge in [-0.3, -0.25) is 4.79 Å². The van der Waals surface area contributed by atoms with Crippen molar-refractivity contribution in [1.82, 2.24) is 24.9 Å². The number of hydrogen-bond donors (Lipinski definition) is 0. The van der Waals surface area contributed by atoms with Gasteiger partial charge in [0.25, 0.3) is 5.91 Å². The van der Waals surface area contributed by atoms with E-state index in [9.17, 15) is 9.18 Å². The Bertz CT molecular complexity index is 1190. The molecule has 0 atom stereocenters.